The summed E-state index contributed by atoms with van der Waals surface area (Å²) in [5.74, 6) is 0. The van der Waals surface area contributed by atoms with Gasteiger partial charge in [-0.1, -0.05) is 29.8 Å². The summed E-state index contributed by atoms with van der Waals surface area (Å²) in [4.78, 5) is 0. The maximum absolute atomic E-state index is 10.0. The van der Waals surface area contributed by atoms with Crippen LogP contribution in [0.25, 0.3) is 0 Å². The molecule has 4 heteroatoms. The quantitative estimate of drug-likeness (QED) is 0.889. The summed E-state index contributed by atoms with van der Waals surface area (Å²) >= 11 is 6.00. The molecule has 0 bridgehead atoms. The van der Waals surface area contributed by atoms with Gasteiger partial charge in [0.2, 0.25) is 0 Å². The summed E-state index contributed by atoms with van der Waals surface area (Å²) in [7, 11) is 1.85. The Kier molecular flexibility index (Phi) is 3.27. The molecule has 0 radical (unpaired) electrons. The fourth-order valence-electron chi connectivity index (χ4n) is 1.63. The maximum Gasteiger partial charge on any atom is 0.0860 e. The number of aromatic nitrogens is 2. The molecule has 1 N–H and O–H groups in total. The highest BCUT2D eigenvalue weighted by atomic mass is 35.5. The second kappa shape index (κ2) is 4.68. The van der Waals surface area contributed by atoms with Gasteiger partial charge in [0.05, 0.1) is 11.8 Å². The largest absolute Gasteiger partial charge is 0.388 e. The van der Waals surface area contributed by atoms with Crippen molar-refractivity contribution < 1.29 is 5.11 Å². The van der Waals surface area contributed by atoms with Crippen molar-refractivity contribution in [3.8, 4) is 0 Å². The van der Waals surface area contributed by atoms with Crippen LogP contribution in [0.5, 0.6) is 0 Å². The predicted octanol–water partition coefficient (Wildman–Crippen LogP) is 2.35. The van der Waals surface area contributed by atoms with E-state index in [-0.39, 0.29) is 0 Å². The summed E-state index contributed by atoms with van der Waals surface area (Å²) in [5.41, 5.74) is 1.60. The van der Waals surface area contributed by atoms with Gasteiger partial charge in [-0.2, -0.15) is 5.10 Å². The van der Waals surface area contributed by atoms with E-state index in [1.54, 1.807) is 10.7 Å². The zero-order valence-electron chi connectivity index (χ0n) is 8.97. The smallest absolute Gasteiger partial charge is 0.0860 e. The SMILES string of the molecule is Cn1ccc(CC(O)c2ccccc2Cl)n1. The van der Waals surface area contributed by atoms with E-state index >= 15 is 0 Å². The molecule has 0 aliphatic heterocycles. The molecule has 84 valence electrons. The summed E-state index contributed by atoms with van der Waals surface area (Å²) in [6.07, 6.45) is 1.72. The molecule has 16 heavy (non-hydrogen) atoms. The normalized spacial score (nSPS) is 12.7. The van der Waals surface area contributed by atoms with Crippen LogP contribution in [0.4, 0.5) is 0 Å². The summed E-state index contributed by atoms with van der Waals surface area (Å²) in [6.45, 7) is 0. The van der Waals surface area contributed by atoms with E-state index in [1.165, 1.54) is 0 Å². The summed E-state index contributed by atoms with van der Waals surface area (Å²) < 4.78 is 1.72. The molecule has 0 saturated carbocycles. The topological polar surface area (TPSA) is 38.0 Å². The molecule has 0 saturated heterocycles. The van der Waals surface area contributed by atoms with Crippen molar-refractivity contribution in [1.82, 2.24) is 9.78 Å². The number of aliphatic hydroxyl groups is 1. The van der Waals surface area contributed by atoms with E-state index in [0.29, 0.717) is 11.4 Å². The van der Waals surface area contributed by atoms with Crippen molar-refractivity contribution in [1.29, 1.82) is 0 Å². The monoisotopic (exact) mass is 236 g/mol. The molecular formula is C12H13ClN2O. The van der Waals surface area contributed by atoms with Gasteiger partial charge in [-0.05, 0) is 17.7 Å². The van der Waals surface area contributed by atoms with Crippen LogP contribution in [0.2, 0.25) is 5.02 Å². The fraction of sp³-hybridized carbons (Fsp3) is 0.250. The van der Waals surface area contributed by atoms with E-state index in [1.807, 2.05) is 37.5 Å². The van der Waals surface area contributed by atoms with Gasteiger partial charge in [-0.15, -0.1) is 0 Å². The first-order chi connectivity index (χ1) is 7.66. The van der Waals surface area contributed by atoms with Gasteiger partial charge in [0.15, 0.2) is 0 Å². The fourth-order valence-corrected chi connectivity index (χ4v) is 1.89. The van der Waals surface area contributed by atoms with Crippen LogP contribution in [0.1, 0.15) is 17.4 Å². The van der Waals surface area contributed by atoms with Crippen molar-refractivity contribution in [2.45, 2.75) is 12.5 Å². The first-order valence-electron chi connectivity index (χ1n) is 5.08. The van der Waals surface area contributed by atoms with Crippen LogP contribution in [0.3, 0.4) is 0 Å². The maximum atomic E-state index is 10.0. The molecule has 0 amide bonds. The van der Waals surface area contributed by atoms with E-state index in [4.69, 9.17) is 11.6 Å². The van der Waals surface area contributed by atoms with Gasteiger partial charge in [0.25, 0.3) is 0 Å². The minimum atomic E-state index is -0.608. The third kappa shape index (κ3) is 2.43. The van der Waals surface area contributed by atoms with Crippen LogP contribution >= 0.6 is 11.6 Å². The van der Waals surface area contributed by atoms with Crippen molar-refractivity contribution in [3.63, 3.8) is 0 Å². The molecule has 0 fully saturated rings. The number of nitrogens with zero attached hydrogens (tertiary/aromatic N) is 2. The lowest BCUT2D eigenvalue weighted by Crippen LogP contribution is -2.03. The van der Waals surface area contributed by atoms with E-state index in [2.05, 4.69) is 5.10 Å². The zero-order chi connectivity index (χ0) is 11.5. The lowest BCUT2D eigenvalue weighted by Gasteiger charge is -2.10. The summed E-state index contributed by atoms with van der Waals surface area (Å²) in [5, 5.41) is 14.8. The lowest BCUT2D eigenvalue weighted by molar-refractivity contribution is 0.177. The second-order valence-corrected chi connectivity index (χ2v) is 4.13. The Morgan fingerprint density at radius 1 is 1.38 bits per heavy atom. The van der Waals surface area contributed by atoms with Crippen LogP contribution < -0.4 is 0 Å². The van der Waals surface area contributed by atoms with Gasteiger partial charge in [0.1, 0.15) is 0 Å². The molecule has 0 spiro atoms. The highest BCUT2D eigenvalue weighted by Crippen LogP contribution is 2.24. The van der Waals surface area contributed by atoms with Crippen molar-refractivity contribution in [3.05, 3.63) is 52.8 Å². The average molecular weight is 237 g/mol. The molecular weight excluding hydrogens is 224 g/mol. The van der Waals surface area contributed by atoms with Gasteiger partial charge in [-0.25, -0.2) is 0 Å². The van der Waals surface area contributed by atoms with E-state index in [9.17, 15) is 5.11 Å². The molecule has 0 aliphatic carbocycles. The third-order valence-electron chi connectivity index (χ3n) is 2.44. The number of benzene rings is 1. The minimum absolute atomic E-state index is 0.477. The molecule has 0 aliphatic rings. The highest BCUT2D eigenvalue weighted by Gasteiger charge is 2.12. The first-order valence-corrected chi connectivity index (χ1v) is 5.45. The number of halogens is 1. The molecule has 2 aromatic rings. The zero-order valence-corrected chi connectivity index (χ0v) is 9.72. The van der Waals surface area contributed by atoms with E-state index in [0.717, 1.165) is 11.3 Å². The molecule has 1 atom stereocenters. The molecule has 1 aromatic heterocycles. The molecule has 1 aromatic carbocycles. The third-order valence-corrected chi connectivity index (χ3v) is 2.78. The Hall–Kier alpha value is -1.32. The summed E-state index contributed by atoms with van der Waals surface area (Å²) in [6, 6.07) is 9.21. The Morgan fingerprint density at radius 3 is 2.75 bits per heavy atom. The van der Waals surface area contributed by atoms with Gasteiger partial charge in [-0.3, -0.25) is 4.68 Å². The Morgan fingerprint density at radius 2 is 2.12 bits per heavy atom. The second-order valence-electron chi connectivity index (χ2n) is 3.72. The molecule has 2 rings (SSSR count). The van der Waals surface area contributed by atoms with Crippen molar-refractivity contribution >= 4 is 11.6 Å². The number of aliphatic hydroxyl groups excluding tert-OH is 1. The molecule has 1 heterocycles. The minimum Gasteiger partial charge on any atom is -0.388 e. The van der Waals surface area contributed by atoms with Crippen LogP contribution in [-0.4, -0.2) is 14.9 Å². The molecule has 3 nitrogen and oxygen atoms in total. The number of aryl methyl sites for hydroxylation is 1. The van der Waals surface area contributed by atoms with Crippen molar-refractivity contribution in [2.24, 2.45) is 7.05 Å². The number of hydrogen-bond donors (Lipinski definition) is 1. The average Bonchev–Trinajstić information content (AvgIpc) is 2.64. The first kappa shape index (κ1) is 11.2. The lowest BCUT2D eigenvalue weighted by atomic mass is 10.1. The Balaban J connectivity index is 2.14. The van der Waals surface area contributed by atoms with Crippen LogP contribution in [-0.2, 0) is 13.5 Å². The number of rotatable bonds is 3. The van der Waals surface area contributed by atoms with E-state index < -0.39 is 6.10 Å². The Bertz CT molecular complexity index is 481. The predicted molar refractivity (Wildman–Crippen MR) is 63.3 cm³/mol. The highest BCUT2D eigenvalue weighted by molar-refractivity contribution is 6.31. The van der Waals surface area contributed by atoms with Crippen LogP contribution in [0.15, 0.2) is 36.5 Å². The van der Waals surface area contributed by atoms with Gasteiger partial charge in [0, 0.05) is 24.7 Å². The van der Waals surface area contributed by atoms with Crippen LogP contribution in [0, 0.1) is 0 Å². The van der Waals surface area contributed by atoms with Crippen molar-refractivity contribution in [2.75, 3.05) is 0 Å². The Labute approximate surface area is 99.3 Å². The number of hydrogen-bond acceptors (Lipinski definition) is 2. The van der Waals surface area contributed by atoms with Gasteiger partial charge >= 0.3 is 0 Å². The standard InChI is InChI=1S/C12H13ClN2O/c1-15-7-6-9(14-15)8-12(16)10-4-2-3-5-11(10)13/h2-7,12,16H,8H2,1H3. The van der Waals surface area contributed by atoms with Gasteiger partial charge < -0.3 is 5.11 Å². The molecule has 1 unspecified atom stereocenters.